The first kappa shape index (κ1) is 18.0. The molecule has 28 heavy (non-hydrogen) atoms. The Morgan fingerprint density at radius 2 is 1.57 bits per heavy atom. The first-order chi connectivity index (χ1) is 13.4. The zero-order valence-corrected chi connectivity index (χ0v) is 16.5. The van der Waals surface area contributed by atoms with Gasteiger partial charge >= 0.3 is 0 Å². The normalized spacial score (nSPS) is 11.0. The first-order valence-corrected chi connectivity index (χ1v) is 9.27. The van der Waals surface area contributed by atoms with Crippen LogP contribution in [0.15, 0.2) is 59.0 Å². The molecule has 1 aromatic heterocycles. The van der Waals surface area contributed by atoms with E-state index < -0.39 is 0 Å². The molecule has 1 heterocycles. The lowest BCUT2D eigenvalue weighted by Gasteiger charge is -2.08. The van der Waals surface area contributed by atoms with E-state index in [1.165, 1.54) is 5.56 Å². The predicted molar refractivity (Wildman–Crippen MR) is 113 cm³/mol. The Labute approximate surface area is 164 Å². The van der Waals surface area contributed by atoms with Crippen molar-refractivity contribution in [2.45, 2.75) is 27.7 Å². The van der Waals surface area contributed by atoms with Crippen molar-refractivity contribution in [2.75, 3.05) is 5.32 Å². The summed E-state index contributed by atoms with van der Waals surface area (Å²) in [6, 6.07) is 17.5. The maximum Gasteiger partial charge on any atom is 0.255 e. The monoisotopic (exact) mass is 370 g/mol. The maximum absolute atomic E-state index is 12.6. The fourth-order valence-corrected chi connectivity index (χ4v) is 3.44. The number of anilines is 1. The highest BCUT2D eigenvalue weighted by atomic mass is 16.3. The summed E-state index contributed by atoms with van der Waals surface area (Å²) < 4.78 is 5.93. The van der Waals surface area contributed by atoms with Crippen LogP contribution in [0.4, 0.5) is 5.69 Å². The number of oxazole rings is 1. The van der Waals surface area contributed by atoms with Gasteiger partial charge in [-0.3, -0.25) is 4.79 Å². The molecular formula is C24H22N2O2. The number of hydrogen-bond donors (Lipinski definition) is 1. The van der Waals surface area contributed by atoms with Gasteiger partial charge < -0.3 is 9.73 Å². The third-order valence-electron chi connectivity index (χ3n) is 4.88. The summed E-state index contributed by atoms with van der Waals surface area (Å²) in [5, 5.41) is 2.96. The van der Waals surface area contributed by atoms with E-state index in [2.05, 4.69) is 23.3 Å². The van der Waals surface area contributed by atoms with Crippen molar-refractivity contribution in [3.8, 4) is 11.5 Å². The Bertz CT molecular complexity index is 1200. The molecule has 4 aromatic rings. The van der Waals surface area contributed by atoms with Crippen LogP contribution in [0, 0.1) is 27.7 Å². The van der Waals surface area contributed by atoms with E-state index >= 15 is 0 Å². The fraction of sp³-hybridized carbons (Fsp3) is 0.167. The Morgan fingerprint density at radius 3 is 2.29 bits per heavy atom. The highest BCUT2D eigenvalue weighted by molar-refractivity contribution is 6.05. The summed E-state index contributed by atoms with van der Waals surface area (Å²) in [5.41, 5.74) is 8.16. The van der Waals surface area contributed by atoms with Gasteiger partial charge in [-0.15, -0.1) is 0 Å². The Kier molecular flexibility index (Phi) is 4.47. The molecule has 140 valence electrons. The Balaban J connectivity index is 1.64. The van der Waals surface area contributed by atoms with Crippen LogP contribution < -0.4 is 5.32 Å². The number of nitrogens with zero attached hydrogens (tertiary/aromatic N) is 1. The third kappa shape index (κ3) is 3.41. The second-order valence-electron chi connectivity index (χ2n) is 7.29. The molecule has 0 saturated carbocycles. The standard InChI is InChI=1S/C24H22N2O2/c1-14-5-8-19(16(3)11-14)23(27)25-18-7-10-22-21(13-18)26-24(28-22)20-9-6-15(2)12-17(20)4/h5-13H,1-4H3,(H,25,27). The lowest BCUT2D eigenvalue weighted by atomic mass is 10.1. The molecule has 1 N–H and O–H groups in total. The lowest BCUT2D eigenvalue weighted by Crippen LogP contribution is -2.13. The third-order valence-corrected chi connectivity index (χ3v) is 4.88. The first-order valence-electron chi connectivity index (χ1n) is 9.27. The van der Waals surface area contributed by atoms with Gasteiger partial charge in [-0.05, 0) is 69.2 Å². The molecule has 4 nitrogen and oxygen atoms in total. The van der Waals surface area contributed by atoms with Gasteiger partial charge in [0.15, 0.2) is 5.58 Å². The molecule has 0 radical (unpaired) electrons. The van der Waals surface area contributed by atoms with Crippen LogP contribution in [0.2, 0.25) is 0 Å². The van der Waals surface area contributed by atoms with E-state index in [0.29, 0.717) is 28.2 Å². The summed E-state index contributed by atoms with van der Waals surface area (Å²) in [6.07, 6.45) is 0. The molecule has 0 unspecified atom stereocenters. The number of carbonyl (C=O) groups is 1. The van der Waals surface area contributed by atoms with Crippen LogP contribution in [0.25, 0.3) is 22.6 Å². The van der Waals surface area contributed by atoms with Crippen LogP contribution in [0.3, 0.4) is 0 Å². The number of rotatable bonds is 3. The minimum absolute atomic E-state index is 0.130. The average Bonchev–Trinajstić information content (AvgIpc) is 3.04. The summed E-state index contributed by atoms with van der Waals surface area (Å²) in [7, 11) is 0. The number of nitrogens with one attached hydrogen (secondary N) is 1. The molecule has 0 aliphatic heterocycles. The summed E-state index contributed by atoms with van der Waals surface area (Å²) >= 11 is 0. The highest BCUT2D eigenvalue weighted by Crippen LogP contribution is 2.29. The molecule has 0 bridgehead atoms. The van der Waals surface area contributed by atoms with Crippen LogP contribution in [-0.4, -0.2) is 10.9 Å². The topological polar surface area (TPSA) is 55.1 Å². The van der Waals surface area contributed by atoms with Crippen molar-refractivity contribution in [2.24, 2.45) is 0 Å². The van der Waals surface area contributed by atoms with Crippen LogP contribution in [0.5, 0.6) is 0 Å². The zero-order valence-electron chi connectivity index (χ0n) is 16.5. The van der Waals surface area contributed by atoms with Gasteiger partial charge in [0.25, 0.3) is 5.91 Å². The van der Waals surface area contributed by atoms with Crippen LogP contribution in [-0.2, 0) is 0 Å². The molecule has 0 fully saturated rings. The van der Waals surface area contributed by atoms with E-state index in [1.807, 2.05) is 69.3 Å². The highest BCUT2D eigenvalue weighted by Gasteiger charge is 2.13. The van der Waals surface area contributed by atoms with E-state index in [-0.39, 0.29) is 5.91 Å². The Hall–Kier alpha value is -3.40. The summed E-state index contributed by atoms with van der Waals surface area (Å²) in [4.78, 5) is 17.3. The van der Waals surface area contributed by atoms with Crippen molar-refractivity contribution < 1.29 is 9.21 Å². The summed E-state index contributed by atoms with van der Waals surface area (Å²) in [6.45, 7) is 8.07. The van der Waals surface area contributed by atoms with Crippen molar-refractivity contribution in [1.29, 1.82) is 0 Å². The molecule has 0 spiro atoms. The van der Waals surface area contributed by atoms with Crippen molar-refractivity contribution >= 4 is 22.7 Å². The number of benzene rings is 3. The zero-order chi connectivity index (χ0) is 19.8. The summed E-state index contributed by atoms with van der Waals surface area (Å²) in [5.74, 6) is 0.459. The second kappa shape index (κ2) is 6.97. The smallest absolute Gasteiger partial charge is 0.255 e. The van der Waals surface area contributed by atoms with E-state index in [4.69, 9.17) is 4.42 Å². The van der Waals surface area contributed by atoms with Gasteiger partial charge in [-0.2, -0.15) is 0 Å². The molecule has 1 amide bonds. The second-order valence-corrected chi connectivity index (χ2v) is 7.29. The number of aromatic nitrogens is 1. The van der Waals surface area contributed by atoms with E-state index in [0.717, 1.165) is 22.3 Å². The van der Waals surface area contributed by atoms with Crippen molar-refractivity contribution in [1.82, 2.24) is 4.98 Å². The number of aryl methyl sites for hydroxylation is 4. The van der Waals surface area contributed by atoms with Gasteiger partial charge in [0.05, 0.1) is 0 Å². The molecule has 0 aliphatic rings. The van der Waals surface area contributed by atoms with E-state index in [1.54, 1.807) is 0 Å². The number of amides is 1. The van der Waals surface area contributed by atoms with Crippen molar-refractivity contribution in [3.05, 3.63) is 82.4 Å². The van der Waals surface area contributed by atoms with E-state index in [9.17, 15) is 4.79 Å². The maximum atomic E-state index is 12.6. The van der Waals surface area contributed by atoms with Gasteiger partial charge in [0, 0.05) is 16.8 Å². The predicted octanol–water partition coefficient (Wildman–Crippen LogP) is 5.98. The van der Waals surface area contributed by atoms with Gasteiger partial charge in [0.1, 0.15) is 5.52 Å². The average molecular weight is 370 g/mol. The van der Waals surface area contributed by atoms with Crippen LogP contribution >= 0.6 is 0 Å². The molecule has 0 saturated heterocycles. The largest absolute Gasteiger partial charge is 0.436 e. The van der Waals surface area contributed by atoms with Gasteiger partial charge in [0.2, 0.25) is 5.89 Å². The van der Waals surface area contributed by atoms with Gasteiger partial charge in [-0.25, -0.2) is 4.98 Å². The fourth-order valence-electron chi connectivity index (χ4n) is 3.44. The quantitative estimate of drug-likeness (QED) is 0.482. The molecular weight excluding hydrogens is 348 g/mol. The SMILES string of the molecule is Cc1ccc(C(=O)Nc2ccc3oc(-c4ccc(C)cc4C)nc3c2)c(C)c1. The molecule has 0 atom stereocenters. The van der Waals surface area contributed by atoms with Crippen LogP contribution in [0.1, 0.15) is 32.6 Å². The lowest BCUT2D eigenvalue weighted by molar-refractivity contribution is 0.102. The molecule has 4 heteroatoms. The van der Waals surface area contributed by atoms with Crippen molar-refractivity contribution in [3.63, 3.8) is 0 Å². The number of carbonyl (C=O) groups excluding carboxylic acids is 1. The van der Waals surface area contributed by atoms with Gasteiger partial charge in [-0.1, -0.05) is 35.4 Å². The number of hydrogen-bond acceptors (Lipinski definition) is 3. The Morgan fingerprint density at radius 1 is 0.857 bits per heavy atom. The molecule has 0 aliphatic carbocycles. The number of fused-ring (bicyclic) bond motifs is 1. The minimum atomic E-state index is -0.130. The molecule has 4 rings (SSSR count). The minimum Gasteiger partial charge on any atom is -0.436 e. The molecule has 3 aromatic carbocycles.